The Bertz CT molecular complexity index is 472. The largest absolute Gasteiger partial charge is 0.193 e. The molecule has 0 saturated carbocycles. The van der Waals surface area contributed by atoms with Gasteiger partial charge < -0.3 is 0 Å². The van der Waals surface area contributed by atoms with Gasteiger partial charge in [0.05, 0.1) is 6.07 Å². The van der Waals surface area contributed by atoms with Crippen molar-refractivity contribution in [1.29, 1.82) is 5.26 Å². The Hall–Kier alpha value is -1.81. The number of benzene rings is 1. The van der Waals surface area contributed by atoms with E-state index in [0.29, 0.717) is 0 Å². The second kappa shape index (κ2) is 4.81. The van der Waals surface area contributed by atoms with Gasteiger partial charge in [0.25, 0.3) is 0 Å². The molecule has 80 valence electrons. The second-order valence-electron chi connectivity index (χ2n) is 4.15. The normalized spacial score (nSPS) is 18.6. The molecule has 1 aromatic carbocycles. The molecule has 1 aromatic rings. The molecule has 0 aliphatic heterocycles. The van der Waals surface area contributed by atoms with Crippen LogP contribution < -0.4 is 0 Å². The Morgan fingerprint density at radius 2 is 1.94 bits per heavy atom. The van der Waals surface area contributed by atoms with Crippen LogP contribution in [-0.2, 0) is 0 Å². The van der Waals surface area contributed by atoms with Gasteiger partial charge in [0.1, 0.15) is 0 Å². The molecule has 0 bridgehead atoms. The van der Waals surface area contributed by atoms with Gasteiger partial charge in [-0.2, -0.15) is 5.26 Å². The smallest absolute Gasteiger partial charge is 0.0946 e. The highest BCUT2D eigenvalue weighted by Crippen LogP contribution is 2.30. The number of nitrogens with zero attached hydrogens (tertiary/aromatic N) is 1. The van der Waals surface area contributed by atoms with Crippen LogP contribution in [-0.4, -0.2) is 0 Å². The van der Waals surface area contributed by atoms with Crippen LogP contribution in [0.2, 0.25) is 0 Å². The van der Waals surface area contributed by atoms with Crippen molar-refractivity contribution in [3.63, 3.8) is 0 Å². The van der Waals surface area contributed by atoms with Gasteiger partial charge in [0.15, 0.2) is 0 Å². The van der Waals surface area contributed by atoms with Gasteiger partial charge in [0, 0.05) is 5.57 Å². The average Bonchev–Trinajstić information content (AvgIpc) is 2.39. The lowest BCUT2D eigenvalue weighted by molar-refractivity contribution is 0.829. The molecule has 1 heteroatoms. The van der Waals surface area contributed by atoms with E-state index >= 15 is 0 Å². The molecule has 0 saturated heterocycles. The van der Waals surface area contributed by atoms with Crippen LogP contribution in [0.5, 0.6) is 0 Å². The monoisotopic (exact) mass is 209 g/mol. The molecule has 2 rings (SSSR count). The van der Waals surface area contributed by atoms with E-state index < -0.39 is 0 Å². The summed E-state index contributed by atoms with van der Waals surface area (Å²) in [5.74, 6) is 0. The minimum absolute atomic E-state index is 0.855. The molecule has 1 aliphatic rings. The summed E-state index contributed by atoms with van der Waals surface area (Å²) in [4.78, 5) is 0. The molecule has 16 heavy (non-hydrogen) atoms. The first-order valence-corrected chi connectivity index (χ1v) is 5.67. The van der Waals surface area contributed by atoms with Crippen LogP contribution in [0.15, 0.2) is 47.6 Å². The Morgan fingerprint density at radius 1 is 1.19 bits per heavy atom. The molecule has 0 aromatic heterocycles. The minimum atomic E-state index is 0.855. The molecule has 0 fully saturated rings. The molecule has 0 heterocycles. The quantitative estimate of drug-likeness (QED) is 0.639. The van der Waals surface area contributed by atoms with E-state index in [-0.39, 0.29) is 0 Å². The summed E-state index contributed by atoms with van der Waals surface area (Å²) in [7, 11) is 0. The lowest BCUT2D eigenvalue weighted by Gasteiger charge is -2.16. The molecule has 0 spiro atoms. The van der Waals surface area contributed by atoms with E-state index in [1.54, 1.807) is 0 Å². The van der Waals surface area contributed by atoms with Crippen molar-refractivity contribution < 1.29 is 0 Å². The van der Waals surface area contributed by atoms with Gasteiger partial charge in [-0.3, -0.25) is 0 Å². The molecule has 0 N–H and O–H groups in total. The number of hydrogen-bond donors (Lipinski definition) is 0. The fraction of sp³-hybridized carbons (Fsp3) is 0.267. The van der Waals surface area contributed by atoms with E-state index in [9.17, 15) is 0 Å². The number of hydrogen-bond acceptors (Lipinski definition) is 1. The molecule has 0 amide bonds. The van der Waals surface area contributed by atoms with Crippen LogP contribution in [0.4, 0.5) is 0 Å². The number of nitriles is 1. The predicted octanol–water partition coefficient (Wildman–Crippen LogP) is 4.09. The number of rotatable bonds is 1. The third kappa shape index (κ3) is 2.23. The van der Waals surface area contributed by atoms with Crippen molar-refractivity contribution in [3.05, 3.63) is 53.1 Å². The van der Waals surface area contributed by atoms with E-state index in [4.69, 9.17) is 5.26 Å². The minimum Gasteiger partial charge on any atom is -0.193 e. The van der Waals surface area contributed by atoms with E-state index in [2.05, 4.69) is 36.4 Å². The predicted molar refractivity (Wildman–Crippen MR) is 66.6 cm³/mol. The summed E-state index contributed by atoms with van der Waals surface area (Å²) in [6, 6.07) is 12.7. The van der Waals surface area contributed by atoms with Crippen molar-refractivity contribution in [2.75, 3.05) is 0 Å². The fourth-order valence-corrected chi connectivity index (χ4v) is 2.07. The summed E-state index contributed by atoms with van der Waals surface area (Å²) in [6.07, 6.45) is 5.49. The first kappa shape index (κ1) is 10.7. The Morgan fingerprint density at radius 3 is 2.62 bits per heavy atom. The lowest BCUT2D eigenvalue weighted by atomic mass is 9.89. The molecular weight excluding hydrogens is 194 g/mol. The summed E-state index contributed by atoms with van der Waals surface area (Å²) in [5.41, 5.74) is 4.70. The topological polar surface area (TPSA) is 23.8 Å². The summed E-state index contributed by atoms with van der Waals surface area (Å²) in [5, 5.41) is 8.91. The van der Waals surface area contributed by atoms with Gasteiger partial charge in [-0.05, 0) is 42.9 Å². The van der Waals surface area contributed by atoms with E-state index in [0.717, 1.165) is 24.8 Å². The maximum atomic E-state index is 8.91. The zero-order valence-electron chi connectivity index (χ0n) is 9.53. The molecule has 0 radical (unpaired) electrons. The maximum absolute atomic E-state index is 8.91. The highest BCUT2D eigenvalue weighted by atomic mass is 14.2. The van der Waals surface area contributed by atoms with Crippen molar-refractivity contribution >= 4 is 5.57 Å². The van der Waals surface area contributed by atoms with E-state index in [1.165, 1.54) is 16.7 Å². The maximum Gasteiger partial charge on any atom is 0.0946 e. The SMILES string of the molecule is C/C(C#N)=C1/C=C(c2ccccc2)CCC1. The molecular formula is C15H15N. The van der Waals surface area contributed by atoms with Gasteiger partial charge >= 0.3 is 0 Å². The van der Waals surface area contributed by atoms with Crippen LogP contribution >= 0.6 is 0 Å². The van der Waals surface area contributed by atoms with Crippen LogP contribution in [0, 0.1) is 11.3 Å². The Kier molecular flexibility index (Phi) is 3.22. The third-order valence-electron chi connectivity index (χ3n) is 3.03. The fourth-order valence-electron chi connectivity index (χ4n) is 2.07. The van der Waals surface area contributed by atoms with Crippen molar-refractivity contribution in [2.45, 2.75) is 26.2 Å². The zero-order valence-corrected chi connectivity index (χ0v) is 9.53. The number of allylic oxidation sites excluding steroid dienone is 4. The lowest BCUT2D eigenvalue weighted by Crippen LogP contribution is -1.96. The third-order valence-corrected chi connectivity index (χ3v) is 3.03. The van der Waals surface area contributed by atoms with Crippen molar-refractivity contribution in [2.24, 2.45) is 0 Å². The summed E-state index contributed by atoms with van der Waals surface area (Å²) in [6.45, 7) is 1.90. The van der Waals surface area contributed by atoms with Crippen LogP contribution in [0.1, 0.15) is 31.7 Å². The van der Waals surface area contributed by atoms with Crippen LogP contribution in [0.3, 0.4) is 0 Å². The average molecular weight is 209 g/mol. The standard InChI is InChI=1S/C15H15N/c1-12(11-16)14-8-5-9-15(10-14)13-6-3-2-4-7-13/h2-4,6-7,10H,5,8-9H2,1H3/b14-12-. The summed E-state index contributed by atoms with van der Waals surface area (Å²) < 4.78 is 0. The van der Waals surface area contributed by atoms with Crippen molar-refractivity contribution in [1.82, 2.24) is 0 Å². The van der Waals surface area contributed by atoms with Crippen LogP contribution in [0.25, 0.3) is 5.57 Å². The molecule has 0 atom stereocenters. The second-order valence-corrected chi connectivity index (χ2v) is 4.15. The molecule has 1 aliphatic carbocycles. The first-order valence-electron chi connectivity index (χ1n) is 5.67. The zero-order chi connectivity index (χ0) is 11.4. The molecule has 1 nitrogen and oxygen atoms in total. The molecule has 0 unspecified atom stereocenters. The van der Waals surface area contributed by atoms with Gasteiger partial charge in [-0.25, -0.2) is 0 Å². The Balaban J connectivity index is 2.38. The van der Waals surface area contributed by atoms with Crippen molar-refractivity contribution in [3.8, 4) is 6.07 Å². The van der Waals surface area contributed by atoms with Gasteiger partial charge in [-0.1, -0.05) is 36.4 Å². The van der Waals surface area contributed by atoms with Gasteiger partial charge in [0.2, 0.25) is 0 Å². The highest BCUT2D eigenvalue weighted by Gasteiger charge is 2.10. The Labute approximate surface area is 96.7 Å². The first-order chi connectivity index (χ1) is 7.81. The highest BCUT2D eigenvalue weighted by molar-refractivity contribution is 5.70. The summed E-state index contributed by atoms with van der Waals surface area (Å²) >= 11 is 0. The van der Waals surface area contributed by atoms with E-state index in [1.807, 2.05) is 13.0 Å². The van der Waals surface area contributed by atoms with Gasteiger partial charge in [-0.15, -0.1) is 0 Å².